The van der Waals surface area contributed by atoms with Crippen LogP contribution in [-0.4, -0.2) is 7.11 Å². The number of nitrogens with two attached hydrogens (primary N) is 1. The molecule has 0 aromatic heterocycles. The van der Waals surface area contributed by atoms with E-state index in [2.05, 4.69) is 0 Å². The Hall–Kier alpha value is -1.02. The minimum absolute atomic E-state index is 0.0335. The van der Waals surface area contributed by atoms with Crippen molar-refractivity contribution >= 4 is 0 Å². The van der Waals surface area contributed by atoms with Crippen LogP contribution in [0.25, 0.3) is 0 Å². The highest BCUT2D eigenvalue weighted by atomic mass is 16.5. The van der Waals surface area contributed by atoms with Crippen molar-refractivity contribution < 1.29 is 4.74 Å². The van der Waals surface area contributed by atoms with E-state index in [1.54, 1.807) is 7.11 Å². The summed E-state index contributed by atoms with van der Waals surface area (Å²) in [5.41, 5.74) is 6.76. The van der Waals surface area contributed by atoms with E-state index < -0.39 is 0 Å². The van der Waals surface area contributed by atoms with E-state index in [0.717, 1.165) is 11.3 Å². The quantitative estimate of drug-likeness (QED) is 0.698. The lowest BCUT2D eigenvalue weighted by Gasteiger charge is -2.10. The van der Waals surface area contributed by atoms with Crippen LogP contribution >= 0.6 is 0 Å². The highest BCUT2D eigenvalue weighted by molar-refractivity contribution is 5.35. The fourth-order valence-corrected chi connectivity index (χ4v) is 1.04. The molecule has 0 amide bonds. The van der Waals surface area contributed by atoms with Crippen LogP contribution in [0.15, 0.2) is 24.3 Å². The molecular formula is C9H13NO. The fraction of sp³-hybridized carbons (Fsp3) is 0.333. The maximum Gasteiger partial charge on any atom is 0.123 e. The second kappa shape index (κ2) is 3.39. The average Bonchev–Trinajstić information content (AvgIpc) is 2.04. The number of benzene rings is 1. The molecule has 0 bridgehead atoms. The predicted molar refractivity (Wildman–Crippen MR) is 45.6 cm³/mol. The molecule has 0 radical (unpaired) electrons. The zero-order valence-corrected chi connectivity index (χ0v) is 6.87. The number of rotatable bonds is 2. The van der Waals surface area contributed by atoms with Gasteiger partial charge in [-0.3, -0.25) is 0 Å². The molecule has 0 aliphatic carbocycles. The Balaban J connectivity index is 3.02. The summed E-state index contributed by atoms with van der Waals surface area (Å²) in [6.45, 7) is 1.94. The van der Waals surface area contributed by atoms with Gasteiger partial charge in [0.15, 0.2) is 0 Å². The lowest BCUT2D eigenvalue weighted by Crippen LogP contribution is -2.06. The van der Waals surface area contributed by atoms with Gasteiger partial charge in [-0.2, -0.15) is 0 Å². The lowest BCUT2D eigenvalue weighted by molar-refractivity contribution is 0.407. The third-order valence-electron chi connectivity index (χ3n) is 1.63. The highest BCUT2D eigenvalue weighted by Crippen LogP contribution is 2.22. The third kappa shape index (κ3) is 1.71. The van der Waals surface area contributed by atoms with Gasteiger partial charge in [-0.05, 0) is 13.0 Å². The van der Waals surface area contributed by atoms with Crippen LogP contribution in [0.3, 0.4) is 0 Å². The topological polar surface area (TPSA) is 35.2 Å². The van der Waals surface area contributed by atoms with Crippen molar-refractivity contribution in [3.63, 3.8) is 0 Å². The number of methoxy groups -OCH3 is 1. The molecular weight excluding hydrogens is 138 g/mol. The number of ether oxygens (including phenoxy) is 1. The molecule has 0 aliphatic rings. The molecule has 0 heterocycles. The number of para-hydroxylation sites is 1. The van der Waals surface area contributed by atoms with Crippen molar-refractivity contribution in [1.82, 2.24) is 0 Å². The summed E-state index contributed by atoms with van der Waals surface area (Å²) in [5, 5.41) is 0. The maximum atomic E-state index is 5.71. The van der Waals surface area contributed by atoms with Crippen molar-refractivity contribution in [3.05, 3.63) is 29.8 Å². The van der Waals surface area contributed by atoms with Crippen molar-refractivity contribution in [2.24, 2.45) is 5.73 Å². The average molecular weight is 151 g/mol. The minimum atomic E-state index is 0.0335. The van der Waals surface area contributed by atoms with E-state index in [9.17, 15) is 0 Å². The van der Waals surface area contributed by atoms with Gasteiger partial charge in [0, 0.05) is 11.6 Å². The molecule has 11 heavy (non-hydrogen) atoms. The van der Waals surface area contributed by atoms with Gasteiger partial charge >= 0.3 is 0 Å². The normalized spacial score (nSPS) is 12.6. The SMILES string of the molecule is COc1ccccc1[C@@H](C)N. The fourth-order valence-electron chi connectivity index (χ4n) is 1.04. The Bertz CT molecular complexity index is 233. The van der Waals surface area contributed by atoms with E-state index >= 15 is 0 Å². The molecule has 0 aliphatic heterocycles. The Morgan fingerprint density at radius 1 is 1.36 bits per heavy atom. The number of hydrogen-bond acceptors (Lipinski definition) is 2. The van der Waals surface area contributed by atoms with Crippen LogP contribution in [0.5, 0.6) is 5.75 Å². The summed E-state index contributed by atoms with van der Waals surface area (Å²) in [5.74, 6) is 0.863. The van der Waals surface area contributed by atoms with E-state index in [4.69, 9.17) is 10.5 Å². The Kier molecular flexibility index (Phi) is 2.49. The molecule has 60 valence electrons. The van der Waals surface area contributed by atoms with Gasteiger partial charge in [-0.15, -0.1) is 0 Å². The second-order valence-electron chi connectivity index (χ2n) is 2.53. The van der Waals surface area contributed by atoms with Crippen LogP contribution in [0.4, 0.5) is 0 Å². The van der Waals surface area contributed by atoms with Crippen molar-refractivity contribution in [2.45, 2.75) is 13.0 Å². The summed E-state index contributed by atoms with van der Waals surface area (Å²) >= 11 is 0. The summed E-state index contributed by atoms with van der Waals surface area (Å²) in [7, 11) is 1.65. The standard InChI is InChI=1S/C9H13NO/c1-7(10)8-5-3-4-6-9(8)11-2/h3-7H,10H2,1-2H3/t7-/m1/s1. The zero-order valence-electron chi connectivity index (χ0n) is 6.87. The number of hydrogen-bond donors (Lipinski definition) is 1. The maximum absolute atomic E-state index is 5.71. The summed E-state index contributed by atoms with van der Waals surface area (Å²) < 4.78 is 5.13. The molecule has 1 aromatic carbocycles. The molecule has 0 fully saturated rings. The highest BCUT2D eigenvalue weighted by Gasteiger charge is 2.04. The monoisotopic (exact) mass is 151 g/mol. The van der Waals surface area contributed by atoms with Crippen LogP contribution < -0.4 is 10.5 Å². The second-order valence-corrected chi connectivity index (χ2v) is 2.53. The molecule has 0 saturated heterocycles. The van der Waals surface area contributed by atoms with Crippen LogP contribution in [0, 0.1) is 0 Å². The first kappa shape index (κ1) is 8.08. The molecule has 0 spiro atoms. The first-order chi connectivity index (χ1) is 5.25. The molecule has 2 nitrogen and oxygen atoms in total. The minimum Gasteiger partial charge on any atom is -0.496 e. The summed E-state index contributed by atoms with van der Waals surface area (Å²) in [4.78, 5) is 0. The lowest BCUT2D eigenvalue weighted by atomic mass is 10.1. The molecule has 1 atom stereocenters. The Labute approximate surface area is 67.0 Å². The van der Waals surface area contributed by atoms with E-state index in [1.807, 2.05) is 31.2 Å². The van der Waals surface area contributed by atoms with Gasteiger partial charge < -0.3 is 10.5 Å². The van der Waals surface area contributed by atoms with Crippen molar-refractivity contribution in [3.8, 4) is 5.75 Å². The van der Waals surface area contributed by atoms with E-state index in [0.29, 0.717) is 0 Å². The van der Waals surface area contributed by atoms with Crippen molar-refractivity contribution in [1.29, 1.82) is 0 Å². The molecule has 2 heteroatoms. The summed E-state index contributed by atoms with van der Waals surface area (Å²) in [6, 6.07) is 7.82. The van der Waals surface area contributed by atoms with E-state index in [-0.39, 0.29) is 6.04 Å². The molecule has 0 saturated carbocycles. The first-order valence-electron chi connectivity index (χ1n) is 3.64. The van der Waals surface area contributed by atoms with Crippen molar-refractivity contribution in [2.75, 3.05) is 7.11 Å². The van der Waals surface area contributed by atoms with Crippen LogP contribution in [0.2, 0.25) is 0 Å². The van der Waals surface area contributed by atoms with Gasteiger partial charge in [0.05, 0.1) is 7.11 Å². The smallest absolute Gasteiger partial charge is 0.123 e. The summed E-state index contributed by atoms with van der Waals surface area (Å²) in [6.07, 6.45) is 0. The molecule has 1 aromatic rings. The van der Waals surface area contributed by atoms with Gasteiger partial charge in [0.2, 0.25) is 0 Å². The molecule has 1 rings (SSSR count). The molecule has 2 N–H and O–H groups in total. The first-order valence-corrected chi connectivity index (χ1v) is 3.64. The predicted octanol–water partition coefficient (Wildman–Crippen LogP) is 1.71. The van der Waals surface area contributed by atoms with Crippen LogP contribution in [-0.2, 0) is 0 Å². The zero-order chi connectivity index (χ0) is 8.27. The molecule has 0 unspecified atom stereocenters. The van der Waals surface area contributed by atoms with Gasteiger partial charge in [-0.25, -0.2) is 0 Å². The Morgan fingerprint density at radius 2 is 2.00 bits per heavy atom. The van der Waals surface area contributed by atoms with E-state index in [1.165, 1.54) is 0 Å². The third-order valence-corrected chi connectivity index (χ3v) is 1.63. The Morgan fingerprint density at radius 3 is 2.45 bits per heavy atom. The van der Waals surface area contributed by atoms with Gasteiger partial charge in [-0.1, -0.05) is 18.2 Å². The largest absolute Gasteiger partial charge is 0.496 e. The van der Waals surface area contributed by atoms with Gasteiger partial charge in [0.1, 0.15) is 5.75 Å². The van der Waals surface area contributed by atoms with Gasteiger partial charge in [0.25, 0.3) is 0 Å². The van der Waals surface area contributed by atoms with Crippen LogP contribution in [0.1, 0.15) is 18.5 Å².